The number of nitrogens with zero attached hydrogens (tertiary/aromatic N) is 3. The molecule has 39 heavy (non-hydrogen) atoms. The number of thiocarbonyl (C=S) groups is 1. The summed E-state index contributed by atoms with van der Waals surface area (Å²) in [6, 6.07) is 20.5. The molecule has 1 aliphatic heterocycles. The number of aromatic nitrogens is 2. The van der Waals surface area contributed by atoms with Gasteiger partial charge < -0.3 is 19.5 Å². The van der Waals surface area contributed by atoms with Gasteiger partial charge in [-0.15, -0.1) is 0 Å². The molecule has 1 saturated heterocycles. The second-order valence-electron chi connectivity index (χ2n) is 9.39. The van der Waals surface area contributed by atoms with Crippen molar-refractivity contribution in [3.05, 3.63) is 101 Å². The van der Waals surface area contributed by atoms with E-state index in [0.717, 1.165) is 34.6 Å². The van der Waals surface area contributed by atoms with E-state index in [-0.39, 0.29) is 12.1 Å². The van der Waals surface area contributed by atoms with Crippen LogP contribution in [0.1, 0.15) is 34.7 Å². The topological polar surface area (TPSA) is 88.5 Å². The molecule has 3 heterocycles. The van der Waals surface area contributed by atoms with Crippen molar-refractivity contribution in [1.82, 2.24) is 14.9 Å². The molecule has 0 saturated carbocycles. The number of hydrogen-bond acceptors (Lipinski definition) is 5. The zero-order valence-electron chi connectivity index (χ0n) is 21.8. The van der Waals surface area contributed by atoms with Gasteiger partial charge in [0, 0.05) is 34.0 Å². The number of hydrogen-bond donors (Lipinski definition) is 2. The van der Waals surface area contributed by atoms with Gasteiger partial charge in [0.05, 0.1) is 36.8 Å². The molecule has 202 valence electrons. The quantitative estimate of drug-likeness (QED) is 0.271. The van der Waals surface area contributed by atoms with E-state index in [1.54, 1.807) is 18.3 Å². The van der Waals surface area contributed by atoms with Gasteiger partial charge in [-0.25, -0.2) is 8.42 Å². The molecular formula is C28H28ClN5O3S2. The van der Waals surface area contributed by atoms with Crippen LogP contribution < -0.4 is 19.7 Å². The van der Waals surface area contributed by atoms with Crippen molar-refractivity contribution < 1.29 is 13.2 Å². The second-order valence-corrected chi connectivity index (χ2v) is 12.0. The molecule has 4 aromatic rings. The minimum Gasteiger partial charge on any atom is -0.495 e. The fourth-order valence-electron chi connectivity index (χ4n) is 5.15. The molecule has 8 nitrogen and oxygen atoms in total. The minimum atomic E-state index is -3.55. The Morgan fingerprint density at radius 2 is 1.77 bits per heavy atom. The number of ether oxygens (including phenoxy) is 1. The van der Waals surface area contributed by atoms with Crippen molar-refractivity contribution in [1.29, 1.82) is 0 Å². The highest BCUT2D eigenvalue weighted by molar-refractivity contribution is 7.92. The van der Waals surface area contributed by atoms with Gasteiger partial charge >= 0.3 is 0 Å². The molecule has 0 unspecified atom stereocenters. The van der Waals surface area contributed by atoms with Crippen LogP contribution in [0.5, 0.6) is 5.75 Å². The number of pyridine rings is 1. The van der Waals surface area contributed by atoms with Crippen LogP contribution in [0.3, 0.4) is 0 Å². The summed E-state index contributed by atoms with van der Waals surface area (Å²) in [6.45, 7) is 4.14. The Labute approximate surface area is 238 Å². The molecule has 5 rings (SSSR count). The third-order valence-electron chi connectivity index (χ3n) is 6.73. The predicted octanol–water partition coefficient (Wildman–Crippen LogP) is 5.70. The van der Waals surface area contributed by atoms with Crippen LogP contribution in [-0.4, -0.2) is 36.4 Å². The number of rotatable bonds is 7. The number of nitrogens with one attached hydrogen (secondary N) is 2. The SMILES string of the molecule is COc1ccc(N2C(=S)N[C@H](c3ccccn3)[C@H]2c2cc(C)n(-c3ccc(Cl)cc3)c2C)cc1NS(C)(=O)=O. The number of sulfonamides is 1. The van der Waals surface area contributed by atoms with Gasteiger partial charge in [-0.05, 0) is 92.3 Å². The van der Waals surface area contributed by atoms with Crippen molar-refractivity contribution >= 4 is 50.3 Å². The summed E-state index contributed by atoms with van der Waals surface area (Å²) in [7, 11) is -2.05. The Balaban J connectivity index is 1.68. The first-order valence-corrected chi connectivity index (χ1v) is 14.9. The molecule has 0 spiro atoms. The molecule has 0 amide bonds. The lowest BCUT2D eigenvalue weighted by molar-refractivity contribution is 0.417. The van der Waals surface area contributed by atoms with Gasteiger partial charge in [0.1, 0.15) is 5.75 Å². The summed E-state index contributed by atoms with van der Waals surface area (Å²) in [6.07, 6.45) is 2.87. The van der Waals surface area contributed by atoms with E-state index in [9.17, 15) is 8.42 Å². The largest absolute Gasteiger partial charge is 0.495 e. The molecule has 2 atom stereocenters. The first-order chi connectivity index (χ1) is 18.6. The number of anilines is 2. The Kier molecular flexibility index (Phi) is 7.28. The summed E-state index contributed by atoms with van der Waals surface area (Å²) >= 11 is 12.0. The van der Waals surface area contributed by atoms with Gasteiger partial charge in [-0.3, -0.25) is 9.71 Å². The molecule has 1 fully saturated rings. The van der Waals surface area contributed by atoms with Gasteiger partial charge in [-0.2, -0.15) is 0 Å². The zero-order chi connectivity index (χ0) is 27.9. The lowest BCUT2D eigenvalue weighted by Gasteiger charge is -2.29. The summed E-state index contributed by atoms with van der Waals surface area (Å²) in [4.78, 5) is 6.65. The highest BCUT2D eigenvalue weighted by Crippen LogP contribution is 2.45. The molecule has 0 radical (unpaired) electrons. The van der Waals surface area contributed by atoms with Gasteiger partial charge in [0.15, 0.2) is 5.11 Å². The average molecular weight is 582 g/mol. The van der Waals surface area contributed by atoms with Crippen LogP contribution in [0, 0.1) is 13.8 Å². The molecule has 0 bridgehead atoms. The maximum atomic E-state index is 12.1. The average Bonchev–Trinajstić information content (AvgIpc) is 3.39. The fourth-order valence-corrected chi connectivity index (χ4v) is 6.18. The molecule has 2 N–H and O–H groups in total. The van der Waals surface area contributed by atoms with Gasteiger partial charge in [0.25, 0.3) is 0 Å². The van der Waals surface area contributed by atoms with E-state index in [2.05, 4.69) is 39.5 Å². The summed E-state index contributed by atoms with van der Waals surface area (Å²) in [5.41, 5.74) is 6.02. The summed E-state index contributed by atoms with van der Waals surface area (Å²) in [5, 5.41) is 4.64. The molecule has 2 aromatic carbocycles. The first kappa shape index (κ1) is 27.0. The smallest absolute Gasteiger partial charge is 0.229 e. The Morgan fingerprint density at radius 1 is 1.05 bits per heavy atom. The van der Waals surface area contributed by atoms with Crippen LogP contribution in [0.15, 0.2) is 72.9 Å². The molecule has 11 heteroatoms. The van der Waals surface area contributed by atoms with Crippen molar-refractivity contribution in [3.8, 4) is 11.4 Å². The van der Waals surface area contributed by atoms with Gasteiger partial charge in [0.2, 0.25) is 10.0 Å². The van der Waals surface area contributed by atoms with E-state index in [1.165, 1.54) is 7.11 Å². The van der Waals surface area contributed by atoms with Crippen LogP contribution in [0.4, 0.5) is 11.4 Å². The fraction of sp³-hybridized carbons (Fsp3) is 0.214. The maximum Gasteiger partial charge on any atom is 0.229 e. The van der Waals surface area contributed by atoms with Crippen LogP contribution in [-0.2, 0) is 10.0 Å². The van der Waals surface area contributed by atoms with Crippen molar-refractivity contribution in [2.75, 3.05) is 23.0 Å². The highest BCUT2D eigenvalue weighted by atomic mass is 35.5. The molecule has 1 aliphatic rings. The van der Waals surface area contributed by atoms with Crippen LogP contribution >= 0.6 is 23.8 Å². The standard InChI is InChI=1S/C28H28ClN5O3S2/c1-17-15-22(18(2)33(17)20-10-8-19(29)9-11-20)27-26(23-7-5-6-14-30-23)31-28(38)34(27)21-12-13-25(37-3)24(16-21)32-39(4,35)36/h5-16,26-27,32H,1-4H3,(H,31,38)/t26-,27-/m1/s1. The Hall–Kier alpha value is -3.60. The first-order valence-electron chi connectivity index (χ1n) is 12.2. The van der Waals surface area contributed by atoms with Gasteiger partial charge in [-0.1, -0.05) is 17.7 Å². The highest BCUT2D eigenvalue weighted by Gasteiger charge is 2.42. The van der Waals surface area contributed by atoms with E-state index >= 15 is 0 Å². The predicted molar refractivity (Wildman–Crippen MR) is 160 cm³/mol. The molecule has 0 aliphatic carbocycles. The van der Waals surface area contributed by atoms with Crippen LogP contribution in [0.2, 0.25) is 5.02 Å². The Morgan fingerprint density at radius 3 is 2.41 bits per heavy atom. The third kappa shape index (κ3) is 5.32. The maximum absolute atomic E-state index is 12.1. The van der Waals surface area contributed by atoms with Crippen LogP contribution in [0.25, 0.3) is 5.69 Å². The summed E-state index contributed by atoms with van der Waals surface area (Å²) in [5.74, 6) is 0.404. The van der Waals surface area contributed by atoms with E-state index < -0.39 is 10.0 Å². The Bertz CT molecular complexity index is 1640. The minimum absolute atomic E-state index is 0.258. The van der Waals surface area contributed by atoms with Crippen molar-refractivity contribution in [3.63, 3.8) is 0 Å². The second kappa shape index (κ2) is 10.5. The molecular weight excluding hydrogens is 554 g/mol. The van der Waals surface area contributed by atoms with E-state index in [1.807, 2.05) is 53.4 Å². The summed E-state index contributed by atoms with van der Waals surface area (Å²) < 4.78 is 34.3. The number of halogens is 1. The van der Waals surface area contributed by atoms with E-state index in [4.69, 9.17) is 28.6 Å². The molecule has 2 aromatic heterocycles. The lowest BCUT2D eigenvalue weighted by Crippen LogP contribution is -2.29. The van der Waals surface area contributed by atoms with Crippen molar-refractivity contribution in [2.45, 2.75) is 25.9 Å². The van der Waals surface area contributed by atoms with Crippen molar-refractivity contribution in [2.24, 2.45) is 0 Å². The van der Waals surface area contributed by atoms with E-state index in [0.29, 0.717) is 27.3 Å². The number of benzene rings is 2. The zero-order valence-corrected chi connectivity index (χ0v) is 24.2. The number of methoxy groups -OCH3 is 1. The lowest BCUT2D eigenvalue weighted by atomic mass is 9.96. The monoisotopic (exact) mass is 581 g/mol. The number of aryl methyl sites for hydroxylation is 1. The third-order valence-corrected chi connectivity index (χ3v) is 7.89. The normalized spacial score (nSPS) is 17.3.